The quantitative estimate of drug-likeness (QED) is 0.395. The van der Waals surface area contributed by atoms with Crippen molar-refractivity contribution in [2.24, 2.45) is 0 Å². The molecule has 0 saturated heterocycles. The predicted molar refractivity (Wildman–Crippen MR) is 140 cm³/mol. The number of rotatable bonds is 8. The molecule has 184 valence electrons. The lowest BCUT2D eigenvalue weighted by molar-refractivity contribution is -0.114. The average Bonchev–Trinajstić information content (AvgIpc) is 3.34. The number of hydrogen-bond donors (Lipinski definition) is 1. The molecular weight excluding hydrogens is 484 g/mol. The van der Waals surface area contributed by atoms with E-state index in [0.29, 0.717) is 22.0 Å². The number of ether oxygens (including phenoxy) is 1. The summed E-state index contributed by atoms with van der Waals surface area (Å²) in [5.74, 6) is 0.289. The van der Waals surface area contributed by atoms with Gasteiger partial charge in [0.1, 0.15) is 12.3 Å². The van der Waals surface area contributed by atoms with E-state index >= 15 is 0 Å². The summed E-state index contributed by atoms with van der Waals surface area (Å²) in [4.78, 5) is 13.1. The van der Waals surface area contributed by atoms with Crippen LogP contribution in [-0.4, -0.2) is 27.0 Å². The summed E-state index contributed by atoms with van der Waals surface area (Å²) in [7, 11) is -4.02. The van der Waals surface area contributed by atoms with Crippen LogP contribution in [-0.2, 0) is 14.8 Å². The van der Waals surface area contributed by atoms with Crippen LogP contribution in [0.25, 0.3) is 0 Å². The summed E-state index contributed by atoms with van der Waals surface area (Å²) in [6.07, 6.45) is 4.75. The van der Waals surface area contributed by atoms with E-state index in [1.165, 1.54) is 12.8 Å². The van der Waals surface area contributed by atoms with Gasteiger partial charge in [-0.2, -0.15) is 0 Å². The van der Waals surface area contributed by atoms with Crippen molar-refractivity contribution in [3.63, 3.8) is 0 Å². The van der Waals surface area contributed by atoms with Crippen LogP contribution in [0.15, 0.2) is 71.6 Å². The van der Waals surface area contributed by atoms with Gasteiger partial charge >= 0.3 is 0 Å². The largest absolute Gasteiger partial charge is 0.490 e. The predicted octanol–water partition coefficient (Wildman–Crippen LogP) is 6.11. The normalized spacial score (nSPS) is 14.0. The molecule has 1 amide bonds. The molecule has 1 aliphatic carbocycles. The summed E-state index contributed by atoms with van der Waals surface area (Å²) >= 11 is 6.19. The fraction of sp³-hybridized carbons (Fsp3) is 0.296. The molecule has 0 aromatic heterocycles. The molecule has 6 nitrogen and oxygen atoms in total. The van der Waals surface area contributed by atoms with Crippen molar-refractivity contribution in [1.29, 1.82) is 0 Å². The van der Waals surface area contributed by atoms with Gasteiger partial charge in [0.15, 0.2) is 0 Å². The number of nitrogens with zero attached hydrogens (tertiary/aromatic N) is 1. The van der Waals surface area contributed by atoms with E-state index in [1.807, 2.05) is 19.1 Å². The van der Waals surface area contributed by atoms with Crippen molar-refractivity contribution < 1.29 is 17.9 Å². The molecule has 1 aliphatic rings. The Morgan fingerprint density at radius 3 is 2.31 bits per heavy atom. The standard InChI is InChI=1S/C27H29ClN2O4S/c1-19-7-15-25(16-8-19)35(32,33)30(26-17-21(28)10-9-20(26)2)18-27(31)29-22-11-13-24(14-12-22)34-23-5-3-4-6-23/h7-17,23H,3-6,18H2,1-2H3,(H,29,31). The lowest BCUT2D eigenvalue weighted by atomic mass is 10.2. The number of benzene rings is 3. The maximum Gasteiger partial charge on any atom is 0.264 e. The van der Waals surface area contributed by atoms with Crippen LogP contribution < -0.4 is 14.4 Å². The third-order valence-electron chi connectivity index (χ3n) is 6.08. The fourth-order valence-electron chi connectivity index (χ4n) is 4.13. The van der Waals surface area contributed by atoms with Crippen molar-refractivity contribution in [1.82, 2.24) is 0 Å². The van der Waals surface area contributed by atoms with E-state index in [4.69, 9.17) is 16.3 Å². The van der Waals surface area contributed by atoms with E-state index < -0.39 is 22.5 Å². The second-order valence-electron chi connectivity index (χ2n) is 8.85. The van der Waals surface area contributed by atoms with E-state index in [2.05, 4.69) is 5.32 Å². The highest BCUT2D eigenvalue weighted by Crippen LogP contribution is 2.30. The molecule has 0 radical (unpaired) electrons. The average molecular weight is 513 g/mol. The van der Waals surface area contributed by atoms with Crippen LogP contribution in [0.2, 0.25) is 5.02 Å². The minimum absolute atomic E-state index is 0.101. The molecule has 0 spiro atoms. The van der Waals surface area contributed by atoms with Gasteiger partial charge in [-0.05, 0) is 93.6 Å². The number of nitrogens with one attached hydrogen (secondary N) is 1. The lowest BCUT2D eigenvalue weighted by Crippen LogP contribution is -2.38. The summed E-state index contributed by atoms with van der Waals surface area (Å²) in [5, 5.41) is 3.18. The third kappa shape index (κ3) is 6.16. The van der Waals surface area contributed by atoms with Crippen molar-refractivity contribution in [2.45, 2.75) is 50.5 Å². The van der Waals surface area contributed by atoms with Gasteiger partial charge in [0.2, 0.25) is 5.91 Å². The van der Waals surface area contributed by atoms with Gasteiger partial charge in [0.05, 0.1) is 16.7 Å². The topological polar surface area (TPSA) is 75.7 Å². The number of aryl methyl sites for hydroxylation is 2. The highest BCUT2D eigenvalue weighted by molar-refractivity contribution is 7.92. The summed E-state index contributed by atoms with van der Waals surface area (Å²) in [6.45, 7) is 3.26. The third-order valence-corrected chi connectivity index (χ3v) is 8.09. The minimum Gasteiger partial charge on any atom is -0.490 e. The van der Waals surface area contributed by atoms with E-state index in [9.17, 15) is 13.2 Å². The van der Waals surface area contributed by atoms with Gasteiger partial charge in [0.25, 0.3) is 10.0 Å². The molecule has 3 aromatic rings. The van der Waals surface area contributed by atoms with Gasteiger partial charge in [-0.15, -0.1) is 0 Å². The zero-order chi connectivity index (χ0) is 25.0. The zero-order valence-electron chi connectivity index (χ0n) is 19.8. The molecule has 0 unspecified atom stereocenters. The zero-order valence-corrected chi connectivity index (χ0v) is 21.4. The highest BCUT2D eigenvalue weighted by atomic mass is 35.5. The first-order chi connectivity index (χ1) is 16.7. The summed E-state index contributed by atoms with van der Waals surface area (Å²) in [6, 6.07) is 18.7. The minimum atomic E-state index is -4.02. The number of amides is 1. The molecule has 3 aromatic carbocycles. The van der Waals surface area contributed by atoms with E-state index in [0.717, 1.165) is 28.5 Å². The first-order valence-corrected chi connectivity index (χ1v) is 13.5. The first kappa shape index (κ1) is 25.1. The van der Waals surface area contributed by atoms with Gasteiger partial charge in [-0.1, -0.05) is 35.4 Å². The Labute approximate surface area is 211 Å². The van der Waals surface area contributed by atoms with Crippen LogP contribution in [0.3, 0.4) is 0 Å². The van der Waals surface area contributed by atoms with Crippen LogP contribution in [0.1, 0.15) is 36.8 Å². The van der Waals surface area contributed by atoms with Crippen LogP contribution in [0.5, 0.6) is 5.75 Å². The van der Waals surface area contributed by atoms with Crippen molar-refractivity contribution in [3.8, 4) is 5.75 Å². The second kappa shape index (κ2) is 10.7. The molecule has 0 aliphatic heterocycles. The number of sulfonamides is 1. The number of carbonyl (C=O) groups excluding carboxylic acids is 1. The smallest absolute Gasteiger partial charge is 0.264 e. The summed E-state index contributed by atoms with van der Waals surface area (Å²) in [5.41, 5.74) is 2.54. The highest BCUT2D eigenvalue weighted by Gasteiger charge is 2.28. The molecule has 0 bridgehead atoms. The van der Waals surface area contributed by atoms with Crippen molar-refractivity contribution in [3.05, 3.63) is 82.9 Å². The van der Waals surface area contributed by atoms with Gasteiger partial charge in [-0.3, -0.25) is 9.10 Å². The van der Waals surface area contributed by atoms with E-state index in [1.54, 1.807) is 61.5 Å². The Morgan fingerprint density at radius 1 is 1.00 bits per heavy atom. The van der Waals surface area contributed by atoms with Crippen LogP contribution in [0, 0.1) is 13.8 Å². The van der Waals surface area contributed by atoms with Crippen molar-refractivity contribution in [2.75, 3.05) is 16.2 Å². The van der Waals surface area contributed by atoms with Gasteiger partial charge in [0, 0.05) is 10.7 Å². The maximum atomic E-state index is 13.6. The molecule has 1 N–H and O–H groups in total. The molecule has 8 heteroatoms. The second-order valence-corrected chi connectivity index (χ2v) is 11.2. The Bertz CT molecular complexity index is 1290. The molecule has 35 heavy (non-hydrogen) atoms. The van der Waals surface area contributed by atoms with Crippen molar-refractivity contribution >= 4 is 38.9 Å². The van der Waals surface area contributed by atoms with Gasteiger partial charge in [-0.25, -0.2) is 8.42 Å². The molecule has 1 saturated carbocycles. The fourth-order valence-corrected chi connectivity index (χ4v) is 5.78. The van der Waals surface area contributed by atoms with Crippen LogP contribution >= 0.6 is 11.6 Å². The SMILES string of the molecule is Cc1ccc(S(=O)(=O)N(CC(=O)Nc2ccc(OC3CCCC3)cc2)c2cc(Cl)ccc2C)cc1. The van der Waals surface area contributed by atoms with Crippen LogP contribution in [0.4, 0.5) is 11.4 Å². The molecule has 0 atom stereocenters. The number of carbonyl (C=O) groups is 1. The Morgan fingerprint density at radius 2 is 1.66 bits per heavy atom. The Kier molecular flexibility index (Phi) is 7.67. The number of anilines is 2. The maximum absolute atomic E-state index is 13.6. The molecule has 4 rings (SSSR count). The first-order valence-electron chi connectivity index (χ1n) is 11.6. The Hall–Kier alpha value is -3.03. The van der Waals surface area contributed by atoms with E-state index in [-0.39, 0.29) is 11.0 Å². The Balaban J connectivity index is 1.55. The number of halogens is 1. The summed E-state index contributed by atoms with van der Waals surface area (Å²) < 4.78 is 34.3. The molecule has 1 fully saturated rings. The lowest BCUT2D eigenvalue weighted by Gasteiger charge is -2.26. The molecular formula is C27H29ClN2O4S. The molecule has 0 heterocycles. The van der Waals surface area contributed by atoms with Gasteiger partial charge < -0.3 is 10.1 Å². The number of hydrogen-bond acceptors (Lipinski definition) is 4. The monoisotopic (exact) mass is 512 g/mol.